The molecule has 55 heavy (non-hydrogen) atoms. The number of fused-ring (bicyclic) bond motifs is 2. The average Bonchev–Trinajstić information content (AvgIpc) is 3.74. The summed E-state index contributed by atoms with van der Waals surface area (Å²) in [6.07, 6.45) is 7.61. The number of halogens is 4. The zero-order valence-electron chi connectivity index (χ0n) is 28.6. The first-order chi connectivity index (χ1) is 26.4. The van der Waals surface area contributed by atoms with Crippen LogP contribution >= 0.6 is 0 Å². The molecule has 0 saturated carbocycles. The zero-order chi connectivity index (χ0) is 39.0. The van der Waals surface area contributed by atoms with Gasteiger partial charge in [-0.15, -0.1) is 0 Å². The fourth-order valence-electron chi connectivity index (χ4n) is 5.73. The van der Waals surface area contributed by atoms with Crippen molar-refractivity contribution in [3.05, 3.63) is 119 Å². The van der Waals surface area contributed by atoms with Crippen LogP contribution in [0.5, 0.6) is 0 Å². The molecule has 0 radical (unpaired) electrons. The van der Waals surface area contributed by atoms with Crippen LogP contribution in [0, 0.1) is 41.5 Å². The molecule has 0 unspecified atom stereocenters. The maximum Gasteiger partial charge on any atom is 0.222 e. The number of pyridine rings is 2. The number of nitriles is 1. The Morgan fingerprint density at radius 1 is 0.655 bits per heavy atom. The molecule has 0 amide bonds. The topological polar surface area (TPSA) is 241 Å². The lowest BCUT2D eigenvalue weighted by atomic mass is 10.1. The minimum Gasteiger partial charge on any atom is -0.399 e. The molecule has 0 saturated heterocycles. The second kappa shape index (κ2) is 14.3. The molecule has 0 aliphatic heterocycles. The number of rotatable bonds is 6. The van der Waals surface area contributed by atoms with Crippen molar-refractivity contribution >= 4 is 45.3 Å². The molecule has 2 aromatic carbocycles. The predicted octanol–water partition coefficient (Wildman–Crippen LogP) is 4.94. The number of nitrogens with two attached hydrogens (primary N) is 4. The lowest BCUT2D eigenvalue weighted by molar-refractivity contribution is 0.536. The van der Waals surface area contributed by atoms with Gasteiger partial charge in [-0.1, -0.05) is 0 Å². The Labute approximate surface area is 307 Å². The first-order valence-corrected chi connectivity index (χ1v) is 16.1. The lowest BCUT2D eigenvalue weighted by Crippen LogP contribution is -2.09. The van der Waals surface area contributed by atoms with Crippen LogP contribution in [0.15, 0.2) is 73.4 Å². The quantitative estimate of drug-likeness (QED) is 0.130. The van der Waals surface area contributed by atoms with Gasteiger partial charge in [-0.25, -0.2) is 36.9 Å². The third-order valence-electron chi connectivity index (χ3n) is 8.27. The summed E-state index contributed by atoms with van der Waals surface area (Å²) in [4.78, 5) is 25.1. The minimum atomic E-state index is -0.783. The summed E-state index contributed by atoms with van der Waals surface area (Å²) in [5.74, 6) is -3.10. The molecule has 19 heteroatoms. The van der Waals surface area contributed by atoms with Crippen LogP contribution in [0.4, 0.5) is 40.8 Å². The molecule has 0 bridgehead atoms. The van der Waals surface area contributed by atoms with Crippen molar-refractivity contribution in [1.29, 1.82) is 5.26 Å². The van der Waals surface area contributed by atoms with Crippen LogP contribution in [0.3, 0.4) is 0 Å². The van der Waals surface area contributed by atoms with Gasteiger partial charge < -0.3 is 22.9 Å². The van der Waals surface area contributed by atoms with Gasteiger partial charge in [0.2, 0.25) is 11.9 Å². The van der Waals surface area contributed by atoms with Crippen LogP contribution in [0.1, 0.15) is 22.3 Å². The highest BCUT2D eigenvalue weighted by molar-refractivity contribution is 5.91. The van der Waals surface area contributed by atoms with Gasteiger partial charge in [0.25, 0.3) is 0 Å². The first kappa shape index (κ1) is 35.6. The Morgan fingerprint density at radius 3 is 1.67 bits per heavy atom. The van der Waals surface area contributed by atoms with Crippen LogP contribution in [-0.4, -0.2) is 49.5 Å². The van der Waals surface area contributed by atoms with Gasteiger partial charge in [0.05, 0.1) is 53.2 Å². The van der Waals surface area contributed by atoms with Crippen molar-refractivity contribution in [2.75, 3.05) is 22.9 Å². The molecule has 8 aromatic rings. The summed E-state index contributed by atoms with van der Waals surface area (Å²) in [7, 11) is 0. The summed E-state index contributed by atoms with van der Waals surface area (Å²) >= 11 is 0. The number of hydrogen-bond acceptors (Lipinski definition) is 13. The van der Waals surface area contributed by atoms with E-state index in [0.29, 0.717) is 50.3 Å². The predicted molar refractivity (Wildman–Crippen MR) is 195 cm³/mol. The first-order valence-electron chi connectivity index (χ1n) is 16.1. The summed E-state index contributed by atoms with van der Waals surface area (Å²) < 4.78 is 59.3. The number of anilines is 4. The standard InChI is InChI=1S/C18H12F2N8.C18H15F2N7/c19-14-2-11(22)3-15(20)13(14)8-28-17-12(7-25-28)16(26-18(23)27-17)10-1-9(4-21)5-24-6-10;1-9-2-3-23-15(4-9)16-11-7-24-27(17(11)26-18(22)25-16)8-12-13(19)5-10(21)6-14(12)20/h1-3,5-7H,8,22H2,(H2,23,26,27);2-7H,8,21H2,1H3,(H2,22,25,26). The number of aromatic nitrogens is 10. The third-order valence-corrected chi connectivity index (χ3v) is 8.27. The molecule has 6 aromatic heterocycles. The van der Waals surface area contributed by atoms with Crippen LogP contribution in [0.25, 0.3) is 44.7 Å². The van der Waals surface area contributed by atoms with E-state index in [0.717, 1.165) is 29.8 Å². The second-order valence-electron chi connectivity index (χ2n) is 12.2. The average molecular weight is 746 g/mol. The van der Waals surface area contributed by atoms with Crippen molar-refractivity contribution < 1.29 is 17.6 Å². The monoisotopic (exact) mass is 745 g/mol. The molecule has 0 atom stereocenters. The highest BCUT2D eigenvalue weighted by atomic mass is 19.1. The molecule has 274 valence electrons. The molecule has 0 fully saturated rings. The maximum atomic E-state index is 14.2. The number of aryl methyl sites for hydroxylation is 1. The van der Waals surface area contributed by atoms with E-state index < -0.39 is 23.3 Å². The normalized spacial score (nSPS) is 11.1. The van der Waals surface area contributed by atoms with Crippen LogP contribution < -0.4 is 22.9 Å². The van der Waals surface area contributed by atoms with E-state index in [9.17, 15) is 17.6 Å². The molecular weight excluding hydrogens is 718 g/mol. The van der Waals surface area contributed by atoms with Crippen molar-refractivity contribution in [3.8, 4) is 28.7 Å². The highest BCUT2D eigenvalue weighted by Crippen LogP contribution is 2.29. The van der Waals surface area contributed by atoms with E-state index in [-0.39, 0.29) is 47.5 Å². The number of benzene rings is 2. The van der Waals surface area contributed by atoms with Gasteiger partial charge in [-0.05, 0) is 55.0 Å². The van der Waals surface area contributed by atoms with Crippen molar-refractivity contribution in [2.24, 2.45) is 0 Å². The highest BCUT2D eigenvalue weighted by Gasteiger charge is 2.19. The summed E-state index contributed by atoms with van der Waals surface area (Å²) in [6.45, 7) is 1.55. The third kappa shape index (κ3) is 7.19. The molecule has 15 nitrogen and oxygen atoms in total. The van der Waals surface area contributed by atoms with Crippen molar-refractivity contribution in [3.63, 3.8) is 0 Å². The number of hydrogen-bond donors (Lipinski definition) is 4. The van der Waals surface area contributed by atoms with Crippen LogP contribution in [-0.2, 0) is 13.1 Å². The number of nitrogen functional groups attached to an aromatic ring is 4. The maximum absolute atomic E-state index is 14.2. The number of nitrogens with zero attached hydrogens (tertiary/aromatic N) is 11. The zero-order valence-corrected chi connectivity index (χ0v) is 28.6. The second-order valence-corrected chi connectivity index (χ2v) is 12.2. The molecule has 0 aliphatic rings. The molecular formula is C36H27F4N15. The Kier molecular flexibility index (Phi) is 9.30. The van der Waals surface area contributed by atoms with E-state index in [1.165, 1.54) is 34.2 Å². The van der Waals surface area contributed by atoms with E-state index in [4.69, 9.17) is 28.2 Å². The van der Waals surface area contributed by atoms with Gasteiger partial charge in [0.1, 0.15) is 35.0 Å². The van der Waals surface area contributed by atoms with Crippen LogP contribution in [0.2, 0.25) is 0 Å². The summed E-state index contributed by atoms with van der Waals surface area (Å²) in [5.41, 5.74) is 26.3. The van der Waals surface area contributed by atoms with E-state index >= 15 is 0 Å². The van der Waals surface area contributed by atoms with Gasteiger partial charge >= 0.3 is 0 Å². The minimum absolute atomic E-state index is 0.0113. The van der Waals surface area contributed by atoms with Gasteiger partial charge in [0.15, 0.2) is 11.3 Å². The Balaban J connectivity index is 0.000000169. The smallest absolute Gasteiger partial charge is 0.222 e. The Hall–Kier alpha value is -7.75. The van der Waals surface area contributed by atoms with E-state index in [1.54, 1.807) is 12.3 Å². The van der Waals surface area contributed by atoms with Crippen molar-refractivity contribution in [2.45, 2.75) is 20.0 Å². The Bertz CT molecular complexity index is 2760. The largest absolute Gasteiger partial charge is 0.399 e. The fraction of sp³-hybridized carbons (Fsp3) is 0.0833. The Morgan fingerprint density at radius 2 is 1.16 bits per heavy atom. The molecule has 6 heterocycles. The van der Waals surface area contributed by atoms with E-state index in [1.807, 2.05) is 25.1 Å². The van der Waals surface area contributed by atoms with Gasteiger partial charge in [0, 0.05) is 46.7 Å². The molecule has 0 aliphatic carbocycles. The molecule has 8 N–H and O–H groups in total. The lowest BCUT2D eigenvalue weighted by Gasteiger charge is -2.08. The summed E-state index contributed by atoms with van der Waals surface area (Å²) in [6, 6.07) is 11.5. The van der Waals surface area contributed by atoms with Gasteiger partial charge in [-0.2, -0.15) is 25.4 Å². The molecule has 0 spiro atoms. The summed E-state index contributed by atoms with van der Waals surface area (Å²) in [5, 5.41) is 18.5. The van der Waals surface area contributed by atoms with E-state index in [2.05, 4.69) is 40.1 Å². The van der Waals surface area contributed by atoms with Gasteiger partial charge in [-0.3, -0.25) is 9.97 Å². The van der Waals surface area contributed by atoms with Crippen molar-refractivity contribution in [1.82, 2.24) is 49.5 Å². The fourth-order valence-corrected chi connectivity index (χ4v) is 5.73. The molecule has 8 rings (SSSR count). The SMILES string of the molecule is Cc1ccnc(-c2nc(N)nc3c2cnn3Cc2c(F)cc(N)cc2F)c1.N#Cc1cncc(-c2nc(N)nc3c2cnn3Cc2c(F)cc(N)cc2F)c1.